The van der Waals surface area contributed by atoms with Gasteiger partial charge in [-0.3, -0.25) is 0 Å². The molecule has 0 radical (unpaired) electrons. The van der Waals surface area contributed by atoms with Crippen molar-refractivity contribution >= 4 is 0 Å². The Morgan fingerprint density at radius 1 is 1.42 bits per heavy atom. The average Bonchev–Trinajstić information content (AvgIpc) is 2.04. The summed E-state index contributed by atoms with van der Waals surface area (Å²) in [6.07, 6.45) is 5.03. The Kier molecular flexibility index (Phi) is 7.11. The zero-order valence-corrected chi connectivity index (χ0v) is 8.08. The molecule has 2 heteroatoms. The molecule has 0 unspecified atom stereocenters. The first-order chi connectivity index (χ1) is 5.70. The van der Waals surface area contributed by atoms with E-state index < -0.39 is 0 Å². The van der Waals surface area contributed by atoms with Gasteiger partial charge in [0.25, 0.3) is 0 Å². The van der Waals surface area contributed by atoms with Crippen molar-refractivity contribution in [3.63, 3.8) is 0 Å². The maximum absolute atomic E-state index is 8.75. The first-order valence-electron chi connectivity index (χ1n) is 4.58. The smallest absolute Gasteiger partial charge is 0.0614 e. The zero-order chi connectivity index (χ0) is 9.40. The lowest BCUT2D eigenvalue weighted by atomic mass is 10.0. The number of allylic oxidation sites excluding steroid dienone is 1. The molecule has 0 aromatic heterocycles. The van der Waals surface area contributed by atoms with Crippen LogP contribution in [0.15, 0.2) is 11.6 Å². The summed E-state index contributed by atoms with van der Waals surface area (Å²) in [7, 11) is 0. The van der Waals surface area contributed by atoms with E-state index in [4.69, 9.17) is 10.2 Å². The number of hydrogen-bond acceptors (Lipinski definition) is 2. The maximum atomic E-state index is 8.75. The van der Waals surface area contributed by atoms with E-state index in [1.807, 2.05) is 19.9 Å². The maximum Gasteiger partial charge on any atom is 0.0614 e. The highest BCUT2D eigenvalue weighted by Crippen LogP contribution is 2.11. The lowest BCUT2D eigenvalue weighted by molar-refractivity contribution is 0.228. The molecule has 0 aliphatic rings. The summed E-state index contributed by atoms with van der Waals surface area (Å²) in [6.45, 7) is 4.50. The van der Waals surface area contributed by atoms with Gasteiger partial charge in [0.2, 0.25) is 0 Å². The molecular weight excluding hydrogens is 152 g/mol. The van der Waals surface area contributed by atoms with Crippen LogP contribution in [0, 0.1) is 5.92 Å². The fourth-order valence-electron chi connectivity index (χ4n) is 1.08. The van der Waals surface area contributed by atoms with Crippen molar-refractivity contribution in [1.82, 2.24) is 0 Å². The fourth-order valence-corrected chi connectivity index (χ4v) is 1.08. The van der Waals surface area contributed by atoms with Gasteiger partial charge in [-0.05, 0) is 32.1 Å². The Morgan fingerprint density at radius 2 is 2.08 bits per heavy atom. The van der Waals surface area contributed by atoms with Crippen LogP contribution in [0.25, 0.3) is 0 Å². The van der Waals surface area contributed by atoms with E-state index in [-0.39, 0.29) is 13.2 Å². The van der Waals surface area contributed by atoms with Crippen molar-refractivity contribution in [3.05, 3.63) is 11.6 Å². The third-order valence-electron chi connectivity index (χ3n) is 2.02. The quantitative estimate of drug-likeness (QED) is 0.599. The van der Waals surface area contributed by atoms with E-state index >= 15 is 0 Å². The van der Waals surface area contributed by atoms with Crippen LogP contribution in [0.3, 0.4) is 0 Å². The third kappa shape index (κ3) is 6.38. The highest BCUT2D eigenvalue weighted by atomic mass is 16.3. The van der Waals surface area contributed by atoms with E-state index in [0.717, 1.165) is 19.3 Å². The normalized spacial score (nSPS) is 14.8. The topological polar surface area (TPSA) is 40.5 Å². The molecule has 12 heavy (non-hydrogen) atoms. The predicted octanol–water partition coefficient (Wildman–Crippen LogP) is 1.72. The molecule has 0 saturated carbocycles. The SMILES string of the molecule is C/C(=C/CO)CCC[C@H](C)CO. The minimum absolute atomic E-state index is 0.140. The molecule has 0 spiro atoms. The van der Waals surface area contributed by atoms with Crippen molar-refractivity contribution in [3.8, 4) is 0 Å². The Morgan fingerprint density at radius 3 is 2.58 bits per heavy atom. The van der Waals surface area contributed by atoms with Gasteiger partial charge >= 0.3 is 0 Å². The Bertz CT molecular complexity index is 130. The standard InChI is InChI=1S/C10H20O2/c1-9(6-7-11)4-3-5-10(2)8-12/h6,10-12H,3-5,7-8H2,1-2H3/b9-6-/t10-/m0/s1. The summed E-state index contributed by atoms with van der Waals surface area (Å²) in [5.74, 6) is 0.409. The molecule has 0 fully saturated rings. The molecule has 2 N–H and O–H groups in total. The van der Waals surface area contributed by atoms with Crippen LogP contribution in [0.1, 0.15) is 33.1 Å². The van der Waals surface area contributed by atoms with Crippen molar-refractivity contribution < 1.29 is 10.2 Å². The summed E-state index contributed by atoms with van der Waals surface area (Å²) in [4.78, 5) is 0. The van der Waals surface area contributed by atoms with Crippen LogP contribution in [0.4, 0.5) is 0 Å². The van der Waals surface area contributed by atoms with Gasteiger partial charge in [0.15, 0.2) is 0 Å². The van der Waals surface area contributed by atoms with Gasteiger partial charge in [-0.2, -0.15) is 0 Å². The molecule has 0 amide bonds. The Labute approximate surface area is 74.9 Å². The molecule has 0 aliphatic carbocycles. The summed E-state index contributed by atoms with van der Waals surface area (Å²) in [6, 6.07) is 0. The van der Waals surface area contributed by atoms with Gasteiger partial charge in [0.05, 0.1) is 6.61 Å². The lowest BCUT2D eigenvalue weighted by Gasteiger charge is -2.06. The Hall–Kier alpha value is -0.340. The third-order valence-corrected chi connectivity index (χ3v) is 2.02. The van der Waals surface area contributed by atoms with Crippen molar-refractivity contribution in [2.75, 3.05) is 13.2 Å². The first kappa shape index (κ1) is 11.7. The molecule has 72 valence electrons. The lowest BCUT2D eigenvalue weighted by Crippen LogP contribution is -1.99. The molecule has 0 rings (SSSR count). The minimum Gasteiger partial charge on any atom is -0.396 e. The monoisotopic (exact) mass is 172 g/mol. The fraction of sp³-hybridized carbons (Fsp3) is 0.800. The second-order valence-electron chi connectivity index (χ2n) is 3.41. The number of aliphatic hydroxyl groups is 2. The van der Waals surface area contributed by atoms with Gasteiger partial charge < -0.3 is 10.2 Å². The molecule has 1 atom stereocenters. The van der Waals surface area contributed by atoms with Crippen molar-refractivity contribution in [1.29, 1.82) is 0 Å². The number of rotatable bonds is 6. The van der Waals surface area contributed by atoms with Gasteiger partial charge in [0.1, 0.15) is 0 Å². The van der Waals surface area contributed by atoms with Crippen molar-refractivity contribution in [2.45, 2.75) is 33.1 Å². The van der Waals surface area contributed by atoms with E-state index in [0.29, 0.717) is 5.92 Å². The van der Waals surface area contributed by atoms with E-state index in [1.54, 1.807) is 0 Å². The van der Waals surface area contributed by atoms with Gasteiger partial charge in [-0.25, -0.2) is 0 Å². The van der Waals surface area contributed by atoms with Crippen LogP contribution >= 0.6 is 0 Å². The van der Waals surface area contributed by atoms with Gasteiger partial charge in [0, 0.05) is 6.61 Å². The van der Waals surface area contributed by atoms with Gasteiger partial charge in [-0.15, -0.1) is 0 Å². The van der Waals surface area contributed by atoms with Crippen LogP contribution in [-0.4, -0.2) is 23.4 Å². The second kappa shape index (κ2) is 7.32. The highest BCUT2D eigenvalue weighted by Gasteiger charge is 1.99. The number of aliphatic hydroxyl groups excluding tert-OH is 2. The van der Waals surface area contributed by atoms with Crippen LogP contribution in [0.2, 0.25) is 0 Å². The van der Waals surface area contributed by atoms with E-state index in [9.17, 15) is 0 Å². The van der Waals surface area contributed by atoms with Crippen LogP contribution < -0.4 is 0 Å². The summed E-state index contributed by atoms with van der Waals surface area (Å²) < 4.78 is 0. The van der Waals surface area contributed by atoms with Crippen LogP contribution in [-0.2, 0) is 0 Å². The molecule has 0 bridgehead atoms. The number of hydrogen-bond donors (Lipinski definition) is 2. The second-order valence-corrected chi connectivity index (χ2v) is 3.41. The molecule has 0 aliphatic heterocycles. The molecule has 2 nitrogen and oxygen atoms in total. The van der Waals surface area contributed by atoms with Gasteiger partial charge in [-0.1, -0.05) is 18.6 Å². The summed E-state index contributed by atoms with van der Waals surface area (Å²) >= 11 is 0. The van der Waals surface area contributed by atoms with Crippen molar-refractivity contribution in [2.24, 2.45) is 5.92 Å². The average molecular weight is 172 g/mol. The first-order valence-corrected chi connectivity index (χ1v) is 4.58. The largest absolute Gasteiger partial charge is 0.396 e. The molecule has 0 heterocycles. The predicted molar refractivity (Wildman–Crippen MR) is 50.9 cm³/mol. The van der Waals surface area contributed by atoms with E-state index in [2.05, 4.69) is 0 Å². The minimum atomic E-state index is 0.140. The Balaban J connectivity index is 3.36. The molecular formula is C10H20O2. The molecule has 0 saturated heterocycles. The van der Waals surface area contributed by atoms with E-state index in [1.165, 1.54) is 5.57 Å². The summed E-state index contributed by atoms with van der Waals surface area (Å²) in [5.41, 5.74) is 1.24. The zero-order valence-electron chi connectivity index (χ0n) is 8.08. The summed E-state index contributed by atoms with van der Waals surface area (Å²) in [5, 5.41) is 17.3. The molecule has 0 aromatic carbocycles. The molecule has 0 aromatic rings. The van der Waals surface area contributed by atoms with Crippen LogP contribution in [0.5, 0.6) is 0 Å². The highest BCUT2D eigenvalue weighted by molar-refractivity contribution is 4.97.